The molecular formula is C22H22Cl2N4O. The molecule has 0 bridgehead atoms. The Kier molecular flexibility index (Phi) is 6.96. The Labute approximate surface area is 181 Å². The second-order valence-electron chi connectivity index (χ2n) is 6.63. The highest BCUT2D eigenvalue weighted by atomic mass is 35.5. The highest BCUT2D eigenvalue weighted by Crippen LogP contribution is 2.22. The summed E-state index contributed by atoms with van der Waals surface area (Å²) in [5.41, 5.74) is 2.00. The molecule has 7 heteroatoms. The summed E-state index contributed by atoms with van der Waals surface area (Å²) in [6.45, 7) is 2.81. The highest BCUT2D eigenvalue weighted by Gasteiger charge is 2.22. The molecule has 2 heterocycles. The van der Waals surface area contributed by atoms with Crippen molar-refractivity contribution in [3.05, 3.63) is 83.7 Å². The van der Waals surface area contributed by atoms with Crippen LogP contribution in [0.5, 0.6) is 0 Å². The largest absolute Gasteiger partial charge is 0.338 e. The van der Waals surface area contributed by atoms with E-state index in [0.29, 0.717) is 18.1 Å². The van der Waals surface area contributed by atoms with Crippen molar-refractivity contribution in [1.82, 2.24) is 14.5 Å². The van der Waals surface area contributed by atoms with Gasteiger partial charge in [0.15, 0.2) is 0 Å². The minimum Gasteiger partial charge on any atom is -0.338 e. The van der Waals surface area contributed by atoms with Gasteiger partial charge in [-0.1, -0.05) is 48.0 Å². The summed E-state index contributed by atoms with van der Waals surface area (Å²) in [5, 5.41) is 0.692. The molecule has 0 radical (unpaired) electrons. The van der Waals surface area contributed by atoms with Crippen LogP contribution in [0.1, 0.15) is 5.56 Å². The molecule has 1 fully saturated rings. The first kappa shape index (κ1) is 21.0. The van der Waals surface area contributed by atoms with E-state index in [2.05, 4.69) is 9.88 Å². The summed E-state index contributed by atoms with van der Waals surface area (Å²) >= 11 is 6.13. The monoisotopic (exact) mass is 428 g/mol. The Bertz CT molecular complexity index is 979. The van der Waals surface area contributed by atoms with Gasteiger partial charge < -0.3 is 9.80 Å². The Morgan fingerprint density at radius 2 is 1.76 bits per heavy atom. The molecule has 0 unspecified atom stereocenters. The molecule has 0 spiro atoms. The van der Waals surface area contributed by atoms with Crippen LogP contribution >= 0.6 is 24.0 Å². The Morgan fingerprint density at radius 1 is 1.00 bits per heavy atom. The van der Waals surface area contributed by atoms with Crippen LogP contribution in [-0.2, 0) is 4.79 Å². The van der Waals surface area contributed by atoms with E-state index in [-0.39, 0.29) is 18.3 Å². The van der Waals surface area contributed by atoms with Crippen molar-refractivity contribution in [2.75, 3.05) is 31.1 Å². The van der Waals surface area contributed by atoms with Crippen molar-refractivity contribution in [2.45, 2.75) is 0 Å². The topological polar surface area (TPSA) is 41.4 Å². The van der Waals surface area contributed by atoms with Gasteiger partial charge in [0, 0.05) is 55.4 Å². The molecule has 2 aromatic carbocycles. The van der Waals surface area contributed by atoms with Crippen molar-refractivity contribution >= 4 is 41.9 Å². The number of carbonyl (C=O) groups is 1. The molecule has 0 atom stereocenters. The quantitative estimate of drug-likeness (QED) is 0.581. The van der Waals surface area contributed by atoms with E-state index in [0.717, 1.165) is 30.3 Å². The van der Waals surface area contributed by atoms with Gasteiger partial charge in [-0.05, 0) is 29.8 Å². The molecule has 4 rings (SSSR count). The van der Waals surface area contributed by atoms with Crippen molar-refractivity contribution in [3.8, 4) is 5.69 Å². The third-order valence-electron chi connectivity index (χ3n) is 4.80. The number of aromatic nitrogens is 2. The smallest absolute Gasteiger partial charge is 0.246 e. The molecule has 5 nitrogen and oxygen atoms in total. The number of anilines is 1. The fourth-order valence-electron chi connectivity index (χ4n) is 3.32. The van der Waals surface area contributed by atoms with Crippen molar-refractivity contribution in [1.29, 1.82) is 0 Å². The molecular weight excluding hydrogens is 407 g/mol. The first-order valence-corrected chi connectivity index (χ1v) is 9.65. The first-order chi connectivity index (χ1) is 13.7. The number of rotatable bonds is 4. The third kappa shape index (κ3) is 5.00. The lowest BCUT2D eigenvalue weighted by Gasteiger charge is -2.35. The number of hydrogen-bond acceptors (Lipinski definition) is 3. The zero-order valence-electron chi connectivity index (χ0n) is 15.8. The predicted molar refractivity (Wildman–Crippen MR) is 120 cm³/mol. The van der Waals surface area contributed by atoms with Gasteiger partial charge >= 0.3 is 0 Å². The molecule has 0 saturated carbocycles. The fraction of sp³-hybridized carbons (Fsp3) is 0.182. The van der Waals surface area contributed by atoms with Gasteiger partial charge in [0.25, 0.3) is 0 Å². The van der Waals surface area contributed by atoms with Gasteiger partial charge in [0.2, 0.25) is 11.9 Å². The van der Waals surface area contributed by atoms with E-state index in [1.807, 2.05) is 76.3 Å². The summed E-state index contributed by atoms with van der Waals surface area (Å²) in [4.78, 5) is 21.1. The molecule has 1 aliphatic heterocycles. The van der Waals surface area contributed by atoms with Crippen LogP contribution < -0.4 is 4.90 Å². The zero-order chi connectivity index (χ0) is 19.3. The lowest BCUT2D eigenvalue weighted by Crippen LogP contribution is -2.49. The van der Waals surface area contributed by atoms with Gasteiger partial charge in [-0.15, -0.1) is 12.4 Å². The second-order valence-corrected chi connectivity index (χ2v) is 7.07. The minimum absolute atomic E-state index is 0. The molecule has 1 aromatic heterocycles. The maximum Gasteiger partial charge on any atom is 0.246 e. The number of imidazole rings is 1. The maximum absolute atomic E-state index is 12.5. The van der Waals surface area contributed by atoms with Crippen LogP contribution in [0.2, 0.25) is 5.02 Å². The molecule has 1 amide bonds. The summed E-state index contributed by atoms with van der Waals surface area (Å²) in [6, 6.07) is 17.6. The Morgan fingerprint density at radius 3 is 2.48 bits per heavy atom. The van der Waals surface area contributed by atoms with Gasteiger partial charge in [0.05, 0.1) is 0 Å². The van der Waals surface area contributed by atoms with Crippen molar-refractivity contribution in [3.63, 3.8) is 0 Å². The van der Waals surface area contributed by atoms with Crippen LogP contribution in [0.25, 0.3) is 11.8 Å². The van der Waals surface area contributed by atoms with Crippen LogP contribution in [0.15, 0.2) is 73.1 Å². The first-order valence-electron chi connectivity index (χ1n) is 9.27. The number of amides is 1. The second kappa shape index (κ2) is 9.63. The van der Waals surface area contributed by atoms with E-state index in [1.54, 1.807) is 12.3 Å². The molecule has 1 saturated heterocycles. The van der Waals surface area contributed by atoms with Crippen LogP contribution in [0.3, 0.4) is 0 Å². The Balaban J connectivity index is 0.00000240. The van der Waals surface area contributed by atoms with Crippen molar-refractivity contribution in [2.24, 2.45) is 0 Å². The molecule has 0 aliphatic carbocycles. The molecule has 150 valence electrons. The minimum atomic E-state index is 0. The molecule has 3 aromatic rings. The molecule has 0 N–H and O–H groups in total. The SMILES string of the molecule is Cl.O=C(/C=C/c1ccccc1)N1CCN(c2nccn2-c2cccc(Cl)c2)CC1. The van der Waals surface area contributed by atoms with Gasteiger partial charge in [0.1, 0.15) is 0 Å². The van der Waals surface area contributed by atoms with Crippen LogP contribution in [0, 0.1) is 0 Å². The van der Waals surface area contributed by atoms with Crippen molar-refractivity contribution < 1.29 is 4.79 Å². The summed E-state index contributed by atoms with van der Waals surface area (Å²) < 4.78 is 2.03. The number of carbonyl (C=O) groups excluding carboxylic acids is 1. The van der Waals surface area contributed by atoms with Gasteiger partial charge in [-0.3, -0.25) is 9.36 Å². The number of piperazine rings is 1. The summed E-state index contributed by atoms with van der Waals surface area (Å²) in [5.74, 6) is 0.913. The molecule has 29 heavy (non-hydrogen) atoms. The highest BCUT2D eigenvalue weighted by molar-refractivity contribution is 6.30. The number of benzene rings is 2. The van der Waals surface area contributed by atoms with E-state index < -0.39 is 0 Å². The lowest BCUT2D eigenvalue weighted by atomic mass is 10.2. The zero-order valence-corrected chi connectivity index (χ0v) is 17.4. The average molecular weight is 429 g/mol. The van der Waals surface area contributed by atoms with Crippen LogP contribution in [-0.4, -0.2) is 46.5 Å². The third-order valence-corrected chi connectivity index (χ3v) is 5.03. The van der Waals surface area contributed by atoms with Gasteiger partial charge in [-0.25, -0.2) is 4.98 Å². The Hall–Kier alpha value is -2.76. The van der Waals surface area contributed by atoms with E-state index in [1.165, 1.54) is 0 Å². The lowest BCUT2D eigenvalue weighted by molar-refractivity contribution is -0.126. The number of halogens is 2. The van der Waals surface area contributed by atoms with Gasteiger partial charge in [-0.2, -0.15) is 0 Å². The maximum atomic E-state index is 12.5. The summed E-state index contributed by atoms with van der Waals surface area (Å²) in [7, 11) is 0. The van der Waals surface area contributed by atoms with E-state index in [9.17, 15) is 4.79 Å². The van der Waals surface area contributed by atoms with E-state index >= 15 is 0 Å². The predicted octanol–water partition coefficient (Wildman–Crippen LogP) is 4.31. The standard InChI is InChI=1S/C22H21ClN4O.ClH/c23-19-7-4-8-20(17-19)27-12-11-24-22(27)26-15-13-25(14-16-26)21(28)10-9-18-5-2-1-3-6-18;/h1-12,17H,13-16H2;1H/b10-9+;. The average Bonchev–Trinajstić information content (AvgIpc) is 3.23. The van der Waals surface area contributed by atoms with Crippen LogP contribution in [0.4, 0.5) is 5.95 Å². The fourth-order valence-corrected chi connectivity index (χ4v) is 3.51. The normalized spacial score (nSPS) is 14.1. The summed E-state index contributed by atoms with van der Waals surface area (Å²) in [6.07, 6.45) is 7.23. The molecule has 1 aliphatic rings. The number of nitrogens with zero attached hydrogens (tertiary/aromatic N) is 4. The van der Waals surface area contributed by atoms with E-state index in [4.69, 9.17) is 11.6 Å². The number of hydrogen-bond donors (Lipinski definition) is 0.